The van der Waals surface area contributed by atoms with Gasteiger partial charge in [0, 0.05) is 25.4 Å². The Labute approximate surface area is 84.8 Å². The molecule has 0 unspecified atom stereocenters. The number of aromatic nitrogens is 1. The van der Waals surface area contributed by atoms with Gasteiger partial charge in [-0.05, 0) is 37.1 Å². The number of nitrogens with zero attached hydrogens (tertiary/aromatic N) is 2. The third-order valence-corrected chi connectivity index (χ3v) is 1.97. The minimum Gasteiger partial charge on any atom is -0.313 e. The molecule has 3 nitrogen and oxygen atoms in total. The van der Waals surface area contributed by atoms with E-state index in [1.807, 2.05) is 12.1 Å². The number of rotatable bonds is 6. The van der Waals surface area contributed by atoms with Crippen molar-refractivity contribution in [2.24, 2.45) is 0 Å². The number of hydrogen-bond donors (Lipinski definition) is 1. The second kappa shape index (κ2) is 7.05. The molecule has 1 aromatic heterocycles. The van der Waals surface area contributed by atoms with E-state index in [1.54, 1.807) is 12.4 Å². The molecule has 0 atom stereocenters. The van der Waals surface area contributed by atoms with Crippen LogP contribution in [0.1, 0.15) is 24.8 Å². The summed E-state index contributed by atoms with van der Waals surface area (Å²) in [5.41, 5.74) is 1.25. The maximum atomic E-state index is 8.32. The van der Waals surface area contributed by atoms with E-state index >= 15 is 0 Å². The zero-order valence-electron chi connectivity index (χ0n) is 8.24. The summed E-state index contributed by atoms with van der Waals surface area (Å²) in [5.74, 6) is 0. The molecule has 0 radical (unpaired) electrons. The average molecular weight is 189 g/mol. The molecule has 0 fully saturated rings. The lowest BCUT2D eigenvalue weighted by molar-refractivity contribution is 0.628. The van der Waals surface area contributed by atoms with E-state index in [0.717, 1.165) is 25.9 Å². The van der Waals surface area contributed by atoms with Gasteiger partial charge in [-0.1, -0.05) is 0 Å². The van der Waals surface area contributed by atoms with Crippen molar-refractivity contribution in [2.45, 2.75) is 25.8 Å². The van der Waals surface area contributed by atoms with Gasteiger partial charge >= 0.3 is 0 Å². The van der Waals surface area contributed by atoms with Crippen LogP contribution in [0.15, 0.2) is 24.5 Å². The highest BCUT2D eigenvalue weighted by molar-refractivity contribution is 5.08. The van der Waals surface area contributed by atoms with E-state index < -0.39 is 0 Å². The molecule has 0 aliphatic carbocycles. The molecule has 0 spiro atoms. The van der Waals surface area contributed by atoms with Crippen molar-refractivity contribution >= 4 is 0 Å². The van der Waals surface area contributed by atoms with E-state index in [4.69, 9.17) is 5.26 Å². The van der Waals surface area contributed by atoms with Crippen LogP contribution in [0.4, 0.5) is 0 Å². The first-order valence-electron chi connectivity index (χ1n) is 4.90. The molecule has 1 rings (SSSR count). The van der Waals surface area contributed by atoms with Gasteiger partial charge < -0.3 is 5.32 Å². The molecule has 0 saturated carbocycles. The molecule has 0 saturated heterocycles. The standard InChI is InChI=1S/C11H15N3/c12-6-2-1-3-7-14-10-11-4-8-13-9-5-11/h4-5,8-9,14H,1-3,7,10H2. The maximum absolute atomic E-state index is 8.32. The molecule has 1 heterocycles. The highest BCUT2D eigenvalue weighted by Gasteiger charge is 1.91. The van der Waals surface area contributed by atoms with E-state index in [2.05, 4.69) is 16.4 Å². The molecule has 74 valence electrons. The van der Waals surface area contributed by atoms with Crippen LogP contribution >= 0.6 is 0 Å². The van der Waals surface area contributed by atoms with Crippen LogP contribution in [0.25, 0.3) is 0 Å². The topological polar surface area (TPSA) is 48.7 Å². The quantitative estimate of drug-likeness (QED) is 0.695. The fourth-order valence-electron chi connectivity index (χ4n) is 1.19. The number of pyridine rings is 1. The summed E-state index contributed by atoms with van der Waals surface area (Å²) < 4.78 is 0. The van der Waals surface area contributed by atoms with Gasteiger partial charge in [0.05, 0.1) is 6.07 Å². The zero-order valence-corrected chi connectivity index (χ0v) is 8.24. The van der Waals surface area contributed by atoms with Crippen molar-refractivity contribution in [3.63, 3.8) is 0 Å². The van der Waals surface area contributed by atoms with Crippen LogP contribution in [0.5, 0.6) is 0 Å². The second-order valence-electron chi connectivity index (χ2n) is 3.15. The Morgan fingerprint density at radius 3 is 2.79 bits per heavy atom. The largest absolute Gasteiger partial charge is 0.313 e. The van der Waals surface area contributed by atoms with Gasteiger partial charge in [0.25, 0.3) is 0 Å². The lowest BCUT2D eigenvalue weighted by atomic mass is 10.2. The first-order valence-corrected chi connectivity index (χ1v) is 4.90. The number of hydrogen-bond acceptors (Lipinski definition) is 3. The Kier molecular flexibility index (Phi) is 5.38. The molecular weight excluding hydrogens is 174 g/mol. The first kappa shape index (κ1) is 10.7. The molecule has 0 aliphatic heterocycles. The highest BCUT2D eigenvalue weighted by atomic mass is 14.8. The molecule has 0 bridgehead atoms. The van der Waals surface area contributed by atoms with Crippen molar-refractivity contribution in [2.75, 3.05) is 6.54 Å². The van der Waals surface area contributed by atoms with Crippen LogP contribution in [0.2, 0.25) is 0 Å². The SMILES string of the molecule is N#CCCCCNCc1ccncc1. The summed E-state index contributed by atoms with van der Waals surface area (Å²) in [4.78, 5) is 3.95. The summed E-state index contributed by atoms with van der Waals surface area (Å²) in [6, 6.07) is 6.14. The lowest BCUT2D eigenvalue weighted by Crippen LogP contribution is -2.14. The van der Waals surface area contributed by atoms with Crippen LogP contribution in [0, 0.1) is 11.3 Å². The van der Waals surface area contributed by atoms with Gasteiger partial charge in [-0.3, -0.25) is 4.98 Å². The summed E-state index contributed by atoms with van der Waals surface area (Å²) >= 11 is 0. The molecular formula is C11H15N3. The monoisotopic (exact) mass is 189 g/mol. The summed E-state index contributed by atoms with van der Waals surface area (Å²) in [6.45, 7) is 1.86. The van der Waals surface area contributed by atoms with Crippen LogP contribution in [-0.4, -0.2) is 11.5 Å². The average Bonchev–Trinajstić information content (AvgIpc) is 2.25. The van der Waals surface area contributed by atoms with Gasteiger partial charge in [-0.25, -0.2) is 0 Å². The van der Waals surface area contributed by atoms with E-state index in [-0.39, 0.29) is 0 Å². The molecule has 14 heavy (non-hydrogen) atoms. The Bertz CT molecular complexity index is 276. The van der Waals surface area contributed by atoms with E-state index in [1.165, 1.54) is 5.56 Å². The number of unbranched alkanes of at least 4 members (excludes halogenated alkanes) is 2. The molecule has 0 amide bonds. The predicted octanol–water partition coefficient (Wildman–Crippen LogP) is 1.87. The van der Waals surface area contributed by atoms with E-state index in [9.17, 15) is 0 Å². The van der Waals surface area contributed by atoms with Crippen LogP contribution in [-0.2, 0) is 6.54 Å². The Morgan fingerprint density at radius 2 is 2.07 bits per heavy atom. The highest BCUT2D eigenvalue weighted by Crippen LogP contribution is 1.96. The normalized spacial score (nSPS) is 9.64. The molecule has 1 aromatic rings. The fraction of sp³-hybridized carbons (Fsp3) is 0.455. The lowest BCUT2D eigenvalue weighted by Gasteiger charge is -2.02. The van der Waals surface area contributed by atoms with Gasteiger partial charge in [0.2, 0.25) is 0 Å². The van der Waals surface area contributed by atoms with Gasteiger partial charge in [-0.2, -0.15) is 5.26 Å². The fourth-order valence-corrected chi connectivity index (χ4v) is 1.19. The van der Waals surface area contributed by atoms with Gasteiger partial charge in [-0.15, -0.1) is 0 Å². The summed E-state index contributed by atoms with van der Waals surface area (Å²) in [7, 11) is 0. The predicted molar refractivity (Wildman–Crippen MR) is 55.4 cm³/mol. The molecule has 0 aromatic carbocycles. The molecule has 0 aliphatic rings. The molecule has 3 heteroatoms. The van der Waals surface area contributed by atoms with Crippen molar-refractivity contribution in [3.05, 3.63) is 30.1 Å². The Hall–Kier alpha value is -1.40. The van der Waals surface area contributed by atoms with Crippen molar-refractivity contribution in [1.82, 2.24) is 10.3 Å². The van der Waals surface area contributed by atoms with Gasteiger partial charge in [0.15, 0.2) is 0 Å². The summed E-state index contributed by atoms with van der Waals surface area (Å²) in [6.07, 6.45) is 6.31. The number of nitrogens with one attached hydrogen (secondary N) is 1. The van der Waals surface area contributed by atoms with Crippen molar-refractivity contribution in [3.8, 4) is 6.07 Å². The second-order valence-corrected chi connectivity index (χ2v) is 3.15. The zero-order chi connectivity index (χ0) is 10.1. The Morgan fingerprint density at radius 1 is 1.29 bits per heavy atom. The first-order chi connectivity index (χ1) is 6.93. The van der Waals surface area contributed by atoms with Gasteiger partial charge in [0.1, 0.15) is 0 Å². The minimum atomic E-state index is 0.664. The van der Waals surface area contributed by atoms with E-state index in [0.29, 0.717) is 6.42 Å². The Balaban J connectivity index is 2.03. The van der Waals surface area contributed by atoms with Crippen LogP contribution in [0.3, 0.4) is 0 Å². The third-order valence-electron chi connectivity index (χ3n) is 1.97. The number of nitriles is 1. The van der Waals surface area contributed by atoms with Crippen molar-refractivity contribution in [1.29, 1.82) is 5.26 Å². The summed E-state index contributed by atoms with van der Waals surface area (Å²) in [5, 5.41) is 11.6. The smallest absolute Gasteiger partial charge is 0.0621 e. The van der Waals surface area contributed by atoms with Crippen molar-refractivity contribution < 1.29 is 0 Å². The molecule has 1 N–H and O–H groups in total. The third kappa shape index (κ3) is 4.58. The minimum absolute atomic E-state index is 0.664. The maximum Gasteiger partial charge on any atom is 0.0621 e. The van der Waals surface area contributed by atoms with Crippen LogP contribution < -0.4 is 5.32 Å².